The second-order valence-electron chi connectivity index (χ2n) is 4.93. The summed E-state index contributed by atoms with van der Waals surface area (Å²) in [5.74, 6) is -0.0999. The molecule has 0 radical (unpaired) electrons. The number of amides is 1. The highest BCUT2D eigenvalue weighted by atomic mass is 32.2. The SMILES string of the molecule is O=C(CCCO[N+](=O)[O-])N1c2ccccc2Sc2ccccc21. The van der Waals surface area contributed by atoms with Crippen LogP contribution in [0.4, 0.5) is 11.4 Å². The second kappa shape index (κ2) is 6.70. The fraction of sp³-hybridized carbons (Fsp3) is 0.188. The van der Waals surface area contributed by atoms with Crippen LogP contribution in [0.5, 0.6) is 0 Å². The van der Waals surface area contributed by atoms with Crippen molar-refractivity contribution in [1.82, 2.24) is 0 Å². The van der Waals surface area contributed by atoms with Crippen LogP contribution in [0.2, 0.25) is 0 Å². The van der Waals surface area contributed by atoms with Crippen molar-refractivity contribution >= 4 is 29.0 Å². The summed E-state index contributed by atoms with van der Waals surface area (Å²) in [5.41, 5.74) is 1.69. The molecule has 3 rings (SSSR count). The van der Waals surface area contributed by atoms with Crippen LogP contribution in [-0.4, -0.2) is 17.6 Å². The first-order chi connectivity index (χ1) is 11.2. The number of para-hydroxylation sites is 2. The van der Waals surface area contributed by atoms with E-state index in [0.717, 1.165) is 21.2 Å². The van der Waals surface area contributed by atoms with Crippen LogP contribution in [0.25, 0.3) is 0 Å². The zero-order chi connectivity index (χ0) is 16.2. The topological polar surface area (TPSA) is 72.7 Å². The van der Waals surface area contributed by atoms with Crippen LogP contribution >= 0.6 is 11.8 Å². The van der Waals surface area contributed by atoms with Gasteiger partial charge >= 0.3 is 0 Å². The Kier molecular flexibility index (Phi) is 4.47. The molecule has 2 aromatic rings. The average molecular weight is 330 g/mol. The van der Waals surface area contributed by atoms with E-state index >= 15 is 0 Å². The Hall–Kier alpha value is -2.54. The van der Waals surface area contributed by atoms with Gasteiger partial charge in [0.1, 0.15) is 0 Å². The van der Waals surface area contributed by atoms with Crippen molar-refractivity contribution < 1.29 is 14.7 Å². The molecular formula is C16H14N2O4S. The van der Waals surface area contributed by atoms with E-state index in [1.54, 1.807) is 16.7 Å². The first-order valence-electron chi connectivity index (χ1n) is 7.13. The molecule has 23 heavy (non-hydrogen) atoms. The highest BCUT2D eigenvalue weighted by Crippen LogP contribution is 2.48. The Morgan fingerprint density at radius 2 is 1.65 bits per heavy atom. The summed E-state index contributed by atoms with van der Waals surface area (Å²) < 4.78 is 0. The first kappa shape index (κ1) is 15.4. The second-order valence-corrected chi connectivity index (χ2v) is 6.01. The molecule has 0 aliphatic carbocycles. The molecule has 118 valence electrons. The molecule has 0 fully saturated rings. The molecule has 1 amide bonds. The van der Waals surface area contributed by atoms with Crippen molar-refractivity contribution in [1.29, 1.82) is 0 Å². The monoisotopic (exact) mass is 330 g/mol. The summed E-state index contributed by atoms with van der Waals surface area (Å²) in [6.07, 6.45) is 0.481. The number of hydrogen-bond acceptors (Lipinski definition) is 5. The van der Waals surface area contributed by atoms with Crippen LogP contribution < -0.4 is 4.90 Å². The van der Waals surface area contributed by atoms with Gasteiger partial charge in [-0.25, -0.2) is 0 Å². The molecule has 1 heterocycles. The number of hydrogen-bond donors (Lipinski definition) is 0. The largest absolute Gasteiger partial charge is 0.314 e. The predicted molar refractivity (Wildman–Crippen MR) is 86.3 cm³/mol. The third-order valence-corrected chi connectivity index (χ3v) is 4.54. The van der Waals surface area contributed by atoms with Crippen LogP contribution in [0.3, 0.4) is 0 Å². The van der Waals surface area contributed by atoms with Crippen molar-refractivity contribution in [3.8, 4) is 0 Å². The highest BCUT2D eigenvalue weighted by Gasteiger charge is 2.27. The van der Waals surface area contributed by atoms with Crippen LogP contribution in [-0.2, 0) is 9.63 Å². The van der Waals surface area contributed by atoms with Gasteiger partial charge in [0.2, 0.25) is 5.91 Å². The lowest BCUT2D eigenvalue weighted by molar-refractivity contribution is -0.757. The van der Waals surface area contributed by atoms with Gasteiger partial charge in [-0.1, -0.05) is 36.0 Å². The van der Waals surface area contributed by atoms with Gasteiger partial charge in [-0.3, -0.25) is 9.69 Å². The van der Waals surface area contributed by atoms with E-state index in [9.17, 15) is 14.9 Å². The Bertz CT molecular complexity index is 705. The number of anilines is 2. The lowest BCUT2D eigenvalue weighted by atomic mass is 10.2. The van der Waals surface area contributed by atoms with Gasteiger partial charge in [-0.15, -0.1) is 10.1 Å². The first-order valence-corrected chi connectivity index (χ1v) is 7.94. The van der Waals surface area contributed by atoms with Crippen molar-refractivity contribution in [2.75, 3.05) is 11.5 Å². The van der Waals surface area contributed by atoms with Crippen LogP contribution in [0.15, 0.2) is 58.3 Å². The highest BCUT2D eigenvalue weighted by molar-refractivity contribution is 7.99. The molecule has 0 saturated carbocycles. The predicted octanol–water partition coefficient (Wildman–Crippen LogP) is 3.80. The number of nitrogens with zero attached hydrogens (tertiary/aromatic N) is 2. The Balaban J connectivity index is 1.83. The summed E-state index contributed by atoms with van der Waals surface area (Å²) in [6.45, 7) is -0.0787. The fourth-order valence-electron chi connectivity index (χ4n) is 2.45. The Morgan fingerprint density at radius 3 is 2.22 bits per heavy atom. The van der Waals surface area contributed by atoms with Gasteiger partial charge in [0, 0.05) is 16.2 Å². The number of benzene rings is 2. The third kappa shape index (κ3) is 3.29. The molecule has 0 spiro atoms. The molecule has 0 atom stereocenters. The van der Waals surface area contributed by atoms with E-state index in [2.05, 4.69) is 4.84 Å². The summed E-state index contributed by atoms with van der Waals surface area (Å²) in [7, 11) is 0. The quantitative estimate of drug-likeness (QED) is 0.473. The Morgan fingerprint density at radius 1 is 1.09 bits per heavy atom. The Labute approximate surface area is 137 Å². The lowest BCUT2D eigenvalue weighted by Gasteiger charge is -2.31. The fourth-order valence-corrected chi connectivity index (χ4v) is 3.51. The van der Waals surface area contributed by atoms with E-state index in [-0.39, 0.29) is 18.9 Å². The molecule has 6 nitrogen and oxygen atoms in total. The summed E-state index contributed by atoms with van der Waals surface area (Å²) in [5, 5.41) is 9.32. The molecule has 0 aromatic heterocycles. The average Bonchev–Trinajstić information content (AvgIpc) is 2.56. The molecule has 0 bridgehead atoms. The van der Waals surface area contributed by atoms with Crippen molar-refractivity contribution in [3.63, 3.8) is 0 Å². The number of fused-ring (bicyclic) bond motifs is 2. The number of rotatable bonds is 5. The minimum atomic E-state index is -0.841. The minimum Gasteiger partial charge on any atom is -0.314 e. The van der Waals surface area contributed by atoms with E-state index in [1.807, 2.05) is 48.5 Å². The molecule has 0 saturated heterocycles. The van der Waals surface area contributed by atoms with Gasteiger partial charge in [0.25, 0.3) is 5.09 Å². The van der Waals surface area contributed by atoms with E-state index in [4.69, 9.17) is 0 Å². The zero-order valence-corrected chi connectivity index (χ0v) is 13.0. The van der Waals surface area contributed by atoms with E-state index in [1.165, 1.54) is 0 Å². The molecule has 1 aliphatic rings. The minimum absolute atomic E-state index is 0.0787. The summed E-state index contributed by atoms with van der Waals surface area (Å²) >= 11 is 1.63. The van der Waals surface area contributed by atoms with Gasteiger partial charge < -0.3 is 4.84 Å². The summed E-state index contributed by atoms with van der Waals surface area (Å²) in [6, 6.07) is 15.4. The van der Waals surface area contributed by atoms with E-state index in [0.29, 0.717) is 6.42 Å². The third-order valence-electron chi connectivity index (χ3n) is 3.41. The smallest absolute Gasteiger partial charge is 0.294 e. The molecule has 7 heteroatoms. The zero-order valence-electron chi connectivity index (χ0n) is 12.2. The van der Waals surface area contributed by atoms with Crippen molar-refractivity contribution in [2.45, 2.75) is 22.6 Å². The van der Waals surface area contributed by atoms with Crippen molar-refractivity contribution in [3.05, 3.63) is 58.6 Å². The van der Waals surface area contributed by atoms with Gasteiger partial charge in [-0.2, -0.15) is 0 Å². The van der Waals surface area contributed by atoms with Crippen molar-refractivity contribution in [2.24, 2.45) is 0 Å². The molecule has 1 aliphatic heterocycles. The maximum atomic E-state index is 12.7. The maximum absolute atomic E-state index is 12.7. The van der Waals surface area contributed by atoms with Gasteiger partial charge in [0.05, 0.1) is 18.0 Å². The van der Waals surface area contributed by atoms with Crippen LogP contribution in [0.1, 0.15) is 12.8 Å². The van der Waals surface area contributed by atoms with Gasteiger partial charge in [0.15, 0.2) is 0 Å². The molecule has 0 unspecified atom stereocenters. The molecule has 0 N–H and O–H groups in total. The van der Waals surface area contributed by atoms with Crippen LogP contribution in [0, 0.1) is 10.1 Å². The van der Waals surface area contributed by atoms with E-state index < -0.39 is 5.09 Å². The maximum Gasteiger partial charge on any atom is 0.294 e. The van der Waals surface area contributed by atoms with Gasteiger partial charge in [-0.05, 0) is 30.7 Å². The normalized spacial score (nSPS) is 12.3. The number of carbonyl (C=O) groups is 1. The summed E-state index contributed by atoms with van der Waals surface area (Å²) in [4.78, 5) is 30.8. The molecule has 2 aromatic carbocycles. The molecular weight excluding hydrogens is 316 g/mol. The number of carbonyl (C=O) groups excluding carboxylic acids is 1. The lowest BCUT2D eigenvalue weighted by Crippen LogP contribution is -2.28. The standard InChI is InChI=1S/C16H14N2O4S/c19-16(10-5-11-22-18(20)21)17-12-6-1-3-8-14(12)23-15-9-4-2-7-13(15)17/h1-4,6-9H,5,10-11H2.